The summed E-state index contributed by atoms with van der Waals surface area (Å²) in [6.45, 7) is 7.50. The summed E-state index contributed by atoms with van der Waals surface area (Å²) in [6, 6.07) is 4.17. The van der Waals surface area contributed by atoms with Crippen LogP contribution in [-0.2, 0) is 6.54 Å². The van der Waals surface area contributed by atoms with Crippen molar-refractivity contribution in [3.63, 3.8) is 0 Å². The molecule has 1 aromatic rings. The molecule has 2 N–H and O–H groups in total. The molecule has 2 heterocycles. The molecular weight excluding hydrogens is 222 g/mol. The summed E-state index contributed by atoms with van der Waals surface area (Å²) in [7, 11) is 0. The Morgan fingerprint density at radius 3 is 2.94 bits per heavy atom. The van der Waals surface area contributed by atoms with Crippen LogP contribution in [0.2, 0.25) is 0 Å². The molecule has 1 fully saturated rings. The summed E-state index contributed by atoms with van der Waals surface area (Å²) in [5, 5.41) is 0. The highest BCUT2D eigenvalue weighted by atomic mass is 15.1. The van der Waals surface area contributed by atoms with E-state index in [4.69, 9.17) is 5.73 Å². The zero-order valence-electron chi connectivity index (χ0n) is 11.6. The number of hydrogen-bond acceptors (Lipinski definition) is 3. The lowest BCUT2D eigenvalue weighted by molar-refractivity contribution is 0.351. The van der Waals surface area contributed by atoms with Crippen molar-refractivity contribution in [1.29, 1.82) is 0 Å². The van der Waals surface area contributed by atoms with E-state index in [2.05, 4.69) is 29.8 Å². The van der Waals surface area contributed by atoms with Crippen molar-refractivity contribution in [2.24, 2.45) is 17.6 Å². The fourth-order valence-electron chi connectivity index (χ4n) is 2.90. The molecule has 3 nitrogen and oxygen atoms in total. The van der Waals surface area contributed by atoms with Gasteiger partial charge >= 0.3 is 0 Å². The number of rotatable bonds is 3. The monoisotopic (exact) mass is 247 g/mol. The maximum atomic E-state index is 5.78. The third-order valence-corrected chi connectivity index (χ3v) is 4.12. The fourth-order valence-corrected chi connectivity index (χ4v) is 2.90. The second-order valence-corrected chi connectivity index (χ2v) is 5.60. The molecule has 0 aliphatic carbocycles. The summed E-state index contributed by atoms with van der Waals surface area (Å²) in [5.41, 5.74) is 8.05. The third kappa shape index (κ3) is 3.02. The van der Waals surface area contributed by atoms with E-state index in [0.29, 0.717) is 6.54 Å². The molecule has 0 aromatic carbocycles. The number of anilines is 1. The molecule has 1 aromatic heterocycles. The van der Waals surface area contributed by atoms with Gasteiger partial charge in [-0.25, -0.2) is 0 Å². The first-order valence-electron chi connectivity index (χ1n) is 7.11. The van der Waals surface area contributed by atoms with Crippen LogP contribution in [0.1, 0.15) is 38.8 Å². The molecular formula is C15H25N3. The predicted octanol–water partition coefficient (Wildman–Crippen LogP) is 2.80. The summed E-state index contributed by atoms with van der Waals surface area (Å²) in [5.74, 6) is 1.67. The fraction of sp³-hybridized carbons (Fsp3) is 0.667. The van der Waals surface area contributed by atoms with Gasteiger partial charge in [-0.1, -0.05) is 13.8 Å². The van der Waals surface area contributed by atoms with Crippen molar-refractivity contribution in [2.45, 2.75) is 39.7 Å². The van der Waals surface area contributed by atoms with Gasteiger partial charge < -0.3 is 10.6 Å². The van der Waals surface area contributed by atoms with Crippen molar-refractivity contribution < 1.29 is 0 Å². The topological polar surface area (TPSA) is 42.2 Å². The Bertz CT molecular complexity index is 376. The van der Waals surface area contributed by atoms with E-state index in [-0.39, 0.29) is 0 Å². The van der Waals surface area contributed by atoms with Crippen LogP contribution in [0.5, 0.6) is 0 Å². The maximum absolute atomic E-state index is 5.78. The quantitative estimate of drug-likeness (QED) is 0.893. The standard InChI is InChI=1S/C15H25N3/c1-12(2)13-5-4-9-18(10-7-13)15-6-3-8-17-14(15)11-16/h3,6,8,12-13H,4-5,7,9-11,16H2,1-2H3. The normalized spacial score (nSPS) is 21.1. The highest BCUT2D eigenvalue weighted by molar-refractivity contribution is 5.50. The lowest BCUT2D eigenvalue weighted by Crippen LogP contribution is -2.26. The molecule has 100 valence electrons. The smallest absolute Gasteiger partial charge is 0.0772 e. The van der Waals surface area contributed by atoms with Crippen LogP contribution in [0.25, 0.3) is 0 Å². The molecule has 1 saturated heterocycles. The zero-order chi connectivity index (χ0) is 13.0. The molecule has 0 spiro atoms. The molecule has 0 saturated carbocycles. The Kier molecular flexibility index (Phi) is 4.59. The van der Waals surface area contributed by atoms with E-state index < -0.39 is 0 Å². The van der Waals surface area contributed by atoms with Crippen molar-refractivity contribution in [1.82, 2.24) is 4.98 Å². The molecule has 1 atom stereocenters. The van der Waals surface area contributed by atoms with Crippen LogP contribution in [-0.4, -0.2) is 18.1 Å². The van der Waals surface area contributed by atoms with E-state index in [9.17, 15) is 0 Å². The molecule has 1 aliphatic rings. The Balaban J connectivity index is 2.10. The second kappa shape index (κ2) is 6.19. The van der Waals surface area contributed by atoms with E-state index in [0.717, 1.165) is 30.6 Å². The molecule has 3 heteroatoms. The van der Waals surface area contributed by atoms with Gasteiger partial charge in [-0.15, -0.1) is 0 Å². The van der Waals surface area contributed by atoms with Gasteiger partial charge in [0.15, 0.2) is 0 Å². The van der Waals surface area contributed by atoms with Gasteiger partial charge in [-0.2, -0.15) is 0 Å². The summed E-state index contributed by atoms with van der Waals surface area (Å²) >= 11 is 0. The molecule has 0 amide bonds. The Hall–Kier alpha value is -1.09. The largest absolute Gasteiger partial charge is 0.370 e. The molecule has 0 radical (unpaired) electrons. The highest BCUT2D eigenvalue weighted by Crippen LogP contribution is 2.28. The second-order valence-electron chi connectivity index (χ2n) is 5.60. The Morgan fingerprint density at radius 2 is 2.22 bits per heavy atom. The zero-order valence-corrected chi connectivity index (χ0v) is 11.6. The number of aromatic nitrogens is 1. The first-order valence-corrected chi connectivity index (χ1v) is 7.11. The molecule has 1 unspecified atom stereocenters. The number of pyridine rings is 1. The Morgan fingerprint density at radius 1 is 1.39 bits per heavy atom. The van der Waals surface area contributed by atoms with Crippen molar-refractivity contribution in [2.75, 3.05) is 18.0 Å². The highest BCUT2D eigenvalue weighted by Gasteiger charge is 2.20. The average molecular weight is 247 g/mol. The van der Waals surface area contributed by atoms with Gasteiger partial charge in [0.05, 0.1) is 11.4 Å². The summed E-state index contributed by atoms with van der Waals surface area (Å²) < 4.78 is 0. The average Bonchev–Trinajstić information content (AvgIpc) is 2.64. The van der Waals surface area contributed by atoms with Gasteiger partial charge in [0, 0.05) is 25.8 Å². The van der Waals surface area contributed by atoms with Crippen molar-refractivity contribution in [3.8, 4) is 0 Å². The van der Waals surface area contributed by atoms with Gasteiger partial charge in [0.1, 0.15) is 0 Å². The lowest BCUT2D eigenvalue weighted by Gasteiger charge is -2.25. The maximum Gasteiger partial charge on any atom is 0.0772 e. The van der Waals surface area contributed by atoms with E-state index in [1.807, 2.05) is 12.3 Å². The molecule has 18 heavy (non-hydrogen) atoms. The van der Waals surface area contributed by atoms with Crippen LogP contribution in [0, 0.1) is 11.8 Å². The lowest BCUT2D eigenvalue weighted by atomic mass is 9.89. The molecule has 0 bridgehead atoms. The van der Waals surface area contributed by atoms with Gasteiger partial charge in [0.25, 0.3) is 0 Å². The number of hydrogen-bond donors (Lipinski definition) is 1. The number of nitrogens with two attached hydrogens (primary N) is 1. The van der Waals surface area contributed by atoms with Gasteiger partial charge in [0.2, 0.25) is 0 Å². The summed E-state index contributed by atoms with van der Waals surface area (Å²) in [4.78, 5) is 6.86. The van der Waals surface area contributed by atoms with E-state index in [1.165, 1.54) is 24.9 Å². The van der Waals surface area contributed by atoms with Gasteiger partial charge in [-0.3, -0.25) is 4.98 Å². The van der Waals surface area contributed by atoms with Crippen LogP contribution in [0.4, 0.5) is 5.69 Å². The SMILES string of the molecule is CC(C)C1CCCN(c2cccnc2CN)CC1. The first kappa shape index (κ1) is 13.3. The minimum Gasteiger partial charge on any atom is -0.370 e. The third-order valence-electron chi connectivity index (χ3n) is 4.12. The minimum absolute atomic E-state index is 0.528. The van der Waals surface area contributed by atoms with Crippen molar-refractivity contribution >= 4 is 5.69 Å². The van der Waals surface area contributed by atoms with Crippen molar-refractivity contribution in [3.05, 3.63) is 24.0 Å². The summed E-state index contributed by atoms with van der Waals surface area (Å²) in [6.07, 6.45) is 5.76. The molecule has 1 aliphatic heterocycles. The van der Waals surface area contributed by atoms with Crippen LogP contribution >= 0.6 is 0 Å². The van der Waals surface area contributed by atoms with Crippen LogP contribution < -0.4 is 10.6 Å². The predicted molar refractivity (Wildman–Crippen MR) is 76.5 cm³/mol. The first-order chi connectivity index (χ1) is 8.72. The Labute approximate surface area is 110 Å². The van der Waals surface area contributed by atoms with Gasteiger partial charge in [-0.05, 0) is 43.2 Å². The van der Waals surface area contributed by atoms with Crippen LogP contribution in [0.15, 0.2) is 18.3 Å². The van der Waals surface area contributed by atoms with E-state index >= 15 is 0 Å². The van der Waals surface area contributed by atoms with Crippen LogP contribution in [0.3, 0.4) is 0 Å². The molecule has 2 rings (SSSR count). The van der Waals surface area contributed by atoms with E-state index in [1.54, 1.807) is 0 Å². The number of nitrogens with zero attached hydrogens (tertiary/aromatic N) is 2. The minimum atomic E-state index is 0.528.